The van der Waals surface area contributed by atoms with Crippen molar-refractivity contribution in [2.75, 3.05) is 26.2 Å². The fourth-order valence-electron chi connectivity index (χ4n) is 2.59. The minimum atomic E-state index is -0.752. The Morgan fingerprint density at radius 1 is 1.59 bits per heavy atom. The van der Waals surface area contributed by atoms with Crippen molar-refractivity contribution in [1.29, 1.82) is 0 Å². The van der Waals surface area contributed by atoms with Crippen molar-refractivity contribution >= 4 is 0 Å². The molecule has 3 unspecified atom stereocenters. The number of rotatable bonds is 6. The van der Waals surface area contributed by atoms with Crippen LogP contribution < -0.4 is 5.73 Å². The molecule has 4 heteroatoms. The normalized spacial score (nSPS) is 27.7. The Bertz CT molecular complexity index is 219. The van der Waals surface area contributed by atoms with Crippen molar-refractivity contribution in [3.63, 3.8) is 0 Å². The standard InChI is InChI=1S/C13H28N2O2/c1-4-17-12-6-5-7-15(9-12)11(2)8-13(3,16)10-14/h11-12,16H,4-10,14H2,1-3H3. The van der Waals surface area contributed by atoms with Crippen LogP contribution in [0.5, 0.6) is 0 Å². The summed E-state index contributed by atoms with van der Waals surface area (Å²) in [6.07, 6.45) is 3.42. The van der Waals surface area contributed by atoms with E-state index in [-0.39, 0.29) is 0 Å². The SMILES string of the molecule is CCOC1CCCN(C(C)CC(C)(O)CN)C1. The lowest BCUT2D eigenvalue weighted by Crippen LogP contribution is -2.48. The largest absolute Gasteiger partial charge is 0.389 e. The van der Waals surface area contributed by atoms with E-state index in [0.717, 1.165) is 32.5 Å². The monoisotopic (exact) mass is 244 g/mol. The zero-order valence-corrected chi connectivity index (χ0v) is 11.5. The second-order valence-electron chi connectivity index (χ2n) is 5.47. The number of piperidine rings is 1. The van der Waals surface area contributed by atoms with Crippen LogP contribution in [0.15, 0.2) is 0 Å². The van der Waals surface area contributed by atoms with Gasteiger partial charge in [0.25, 0.3) is 0 Å². The molecule has 0 aromatic heterocycles. The third-order valence-electron chi connectivity index (χ3n) is 3.61. The van der Waals surface area contributed by atoms with Gasteiger partial charge in [0.2, 0.25) is 0 Å². The fraction of sp³-hybridized carbons (Fsp3) is 1.00. The molecule has 17 heavy (non-hydrogen) atoms. The number of hydrogen-bond acceptors (Lipinski definition) is 4. The van der Waals surface area contributed by atoms with Crippen molar-refractivity contribution in [2.45, 2.75) is 57.8 Å². The average molecular weight is 244 g/mol. The number of likely N-dealkylation sites (tertiary alicyclic amines) is 1. The highest BCUT2D eigenvalue weighted by molar-refractivity contribution is 4.84. The topological polar surface area (TPSA) is 58.7 Å². The first-order valence-corrected chi connectivity index (χ1v) is 6.76. The van der Waals surface area contributed by atoms with Crippen LogP contribution in [0.4, 0.5) is 0 Å². The van der Waals surface area contributed by atoms with Gasteiger partial charge in [0, 0.05) is 25.7 Å². The van der Waals surface area contributed by atoms with Gasteiger partial charge in [0.1, 0.15) is 0 Å². The molecule has 1 saturated heterocycles. The van der Waals surface area contributed by atoms with E-state index in [1.165, 1.54) is 6.42 Å². The van der Waals surface area contributed by atoms with Gasteiger partial charge in [-0.25, -0.2) is 0 Å². The highest BCUT2D eigenvalue weighted by atomic mass is 16.5. The zero-order valence-electron chi connectivity index (χ0n) is 11.5. The van der Waals surface area contributed by atoms with Crippen LogP contribution >= 0.6 is 0 Å². The first kappa shape index (κ1) is 14.9. The molecular formula is C13H28N2O2. The predicted octanol–water partition coefficient (Wildman–Crippen LogP) is 0.976. The van der Waals surface area contributed by atoms with E-state index in [0.29, 0.717) is 18.7 Å². The Balaban J connectivity index is 2.43. The van der Waals surface area contributed by atoms with Crippen molar-refractivity contribution in [1.82, 2.24) is 4.90 Å². The lowest BCUT2D eigenvalue weighted by atomic mass is 9.95. The average Bonchev–Trinajstić information content (AvgIpc) is 2.29. The highest BCUT2D eigenvalue weighted by Gasteiger charge is 2.28. The lowest BCUT2D eigenvalue weighted by Gasteiger charge is -2.39. The van der Waals surface area contributed by atoms with E-state index in [1.807, 2.05) is 13.8 Å². The van der Waals surface area contributed by atoms with Gasteiger partial charge in [-0.15, -0.1) is 0 Å². The van der Waals surface area contributed by atoms with E-state index < -0.39 is 5.60 Å². The second-order valence-corrected chi connectivity index (χ2v) is 5.47. The number of hydrogen-bond donors (Lipinski definition) is 2. The molecule has 3 atom stereocenters. The summed E-state index contributed by atoms with van der Waals surface area (Å²) in [5, 5.41) is 10.0. The zero-order chi connectivity index (χ0) is 12.9. The van der Waals surface area contributed by atoms with Crippen LogP contribution in [-0.4, -0.2) is 54.0 Å². The Morgan fingerprint density at radius 3 is 2.88 bits per heavy atom. The fourth-order valence-corrected chi connectivity index (χ4v) is 2.59. The van der Waals surface area contributed by atoms with Gasteiger partial charge in [-0.2, -0.15) is 0 Å². The maximum absolute atomic E-state index is 10.0. The van der Waals surface area contributed by atoms with Gasteiger partial charge in [-0.3, -0.25) is 4.90 Å². The predicted molar refractivity (Wildman–Crippen MR) is 70.0 cm³/mol. The smallest absolute Gasteiger partial charge is 0.0756 e. The minimum Gasteiger partial charge on any atom is -0.389 e. The number of ether oxygens (including phenoxy) is 1. The van der Waals surface area contributed by atoms with Crippen LogP contribution in [0, 0.1) is 0 Å². The Labute approximate surface area is 105 Å². The van der Waals surface area contributed by atoms with Gasteiger partial charge in [0.05, 0.1) is 11.7 Å². The van der Waals surface area contributed by atoms with E-state index in [4.69, 9.17) is 10.5 Å². The Hall–Kier alpha value is -0.160. The van der Waals surface area contributed by atoms with Crippen LogP contribution in [0.3, 0.4) is 0 Å². The van der Waals surface area contributed by atoms with Crippen molar-refractivity contribution in [3.8, 4) is 0 Å². The maximum atomic E-state index is 10.0. The number of aliphatic hydroxyl groups is 1. The third-order valence-corrected chi connectivity index (χ3v) is 3.61. The van der Waals surface area contributed by atoms with Gasteiger partial charge in [-0.1, -0.05) is 0 Å². The molecule has 0 radical (unpaired) electrons. The number of nitrogens with zero attached hydrogens (tertiary/aromatic N) is 1. The van der Waals surface area contributed by atoms with Crippen LogP contribution in [0.1, 0.15) is 40.0 Å². The Kier molecular flexibility index (Phi) is 5.86. The first-order valence-electron chi connectivity index (χ1n) is 6.76. The molecule has 1 heterocycles. The number of nitrogens with two attached hydrogens (primary N) is 1. The molecule has 1 fully saturated rings. The first-order chi connectivity index (χ1) is 7.98. The Morgan fingerprint density at radius 2 is 2.29 bits per heavy atom. The summed E-state index contributed by atoms with van der Waals surface area (Å²) < 4.78 is 5.69. The van der Waals surface area contributed by atoms with Crippen molar-refractivity contribution in [3.05, 3.63) is 0 Å². The molecule has 0 aromatic rings. The summed E-state index contributed by atoms with van der Waals surface area (Å²) in [5.41, 5.74) is 4.81. The summed E-state index contributed by atoms with van der Waals surface area (Å²) >= 11 is 0. The van der Waals surface area contributed by atoms with E-state index in [9.17, 15) is 5.11 Å². The third kappa shape index (κ3) is 4.92. The molecule has 1 aliphatic heterocycles. The van der Waals surface area contributed by atoms with Crippen LogP contribution in [-0.2, 0) is 4.74 Å². The molecule has 0 amide bonds. The molecule has 0 saturated carbocycles. The summed E-state index contributed by atoms with van der Waals surface area (Å²) in [5.74, 6) is 0. The van der Waals surface area contributed by atoms with Gasteiger partial charge >= 0.3 is 0 Å². The van der Waals surface area contributed by atoms with E-state index in [2.05, 4.69) is 11.8 Å². The second kappa shape index (κ2) is 6.69. The minimum absolute atomic E-state index is 0.320. The highest BCUT2D eigenvalue weighted by Crippen LogP contribution is 2.20. The molecule has 1 rings (SSSR count). The summed E-state index contributed by atoms with van der Waals surface area (Å²) in [6, 6.07) is 0.358. The molecule has 0 spiro atoms. The van der Waals surface area contributed by atoms with Gasteiger partial charge in [-0.05, 0) is 46.6 Å². The molecule has 0 bridgehead atoms. The lowest BCUT2D eigenvalue weighted by molar-refractivity contribution is -0.0241. The van der Waals surface area contributed by atoms with Crippen LogP contribution in [0.25, 0.3) is 0 Å². The summed E-state index contributed by atoms with van der Waals surface area (Å²) in [4.78, 5) is 2.41. The summed E-state index contributed by atoms with van der Waals surface area (Å²) in [6.45, 7) is 9.21. The van der Waals surface area contributed by atoms with Crippen molar-refractivity contribution in [2.24, 2.45) is 5.73 Å². The molecule has 0 aliphatic carbocycles. The quantitative estimate of drug-likeness (QED) is 0.731. The van der Waals surface area contributed by atoms with Gasteiger partial charge in [0.15, 0.2) is 0 Å². The molecule has 4 nitrogen and oxygen atoms in total. The molecule has 102 valence electrons. The molecule has 0 aromatic carbocycles. The van der Waals surface area contributed by atoms with Crippen LogP contribution in [0.2, 0.25) is 0 Å². The molecule has 3 N–H and O–H groups in total. The maximum Gasteiger partial charge on any atom is 0.0756 e. The van der Waals surface area contributed by atoms with E-state index >= 15 is 0 Å². The summed E-state index contributed by atoms with van der Waals surface area (Å²) in [7, 11) is 0. The van der Waals surface area contributed by atoms with Gasteiger partial charge < -0.3 is 15.6 Å². The van der Waals surface area contributed by atoms with Crippen molar-refractivity contribution < 1.29 is 9.84 Å². The molecule has 1 aliphatic rings. The molecular weight excluding hydrogens is 216 g/mol. The van der Waals surface area contributed by atoms with E-state index in [1.54, 1.807) is 0 Å².